The van der Waals surface area contributed by atoms with Crippen molar-refractivity contribution in [2.75, 3.05) is 19.4 Å². The number of ether oxygens (including phenoxy) is 1. The molecule has 0 fully saturated rings. The van der Waals surface area contributed by atoms with Gasteiger partial charge in [0, 0.05) is 23.7 Å². The number of carbonyl (C=O) groups excluding carboxylic acids is 1. The van der Waals surface area contributed by atoms with Gasteiger partial charge in [-0.2, -0.15) is 0 Å². The lowest BCUT2D eigenvalue weighted by molar-refractivity contribution is 0.0956. The first-order valence-corrected chi connectivity index (χ1v) is 9.57. The van der Waals surface area contributed by atoms with Gasteiger partial charge in [-0.3, -0.25) is 4.79 Å². The summed E-state index contributed by atoms with van der Waals surface area (Å²) in [5, 5.41) is 3.17. The first-order chi connectivity index (χ1) is 11.9. The van der Waals surface area contributed by atoms with E-state index in [1.807, 2.05) is 0 Å². The number of hydrogen-bond acceptors (Lipinski definition) is 4. The molecule has 0 heterocycles. The van der Waals surface area contributed by atoms with Crippen molar-refractivity contribution in [3.8, 4) is 5.75 Å². The van der Waals surface area contributed by atoms with E-state index in [1.165, 1.54) is 7.11 Å². The fourth-order valence-corrected chi connectivity index (χ4v) is 3.04. The maximum atomic E-state index is 12.0. The van der Waals surface area contributed by atoms with Crippen LogP contribution >= 0.6 is 11.6 Å². The van der Waals surface area contributed by atoms with E-state index in [4.69, 9.17) is 16.3 Å². The Hall–Kier alpha value is -2.09. The van der Waals surface area contributed by atoms with Crippen LogP contribution in [-0.4, -0.2) is 33.7 Å². The van der Waals surface area contributed by atoms with Crippen molar-refractivity contribution >= 4 is 27.5 Å². The molecule has 2 aromatic carbocycles. The van der Waals surface area contributed by atoms with Gasteiger partial charge in [-0.05, 0) is 42.0 Å². The first-order valence-electron chi connectivity index (χ1n) is 7.54. The molecule has 0 aliphatic rings. The minimum Gasteiger partial charge on any atom is -0.497 e. The van der Waals surface area contributed by atoms with Crippen molar-refractivity contribution in [2.45, 2.75) is 6.54 Å². The predicted molar refractivity (Wildman–Crippen MR) is 97.4 cm³/mol. The van der Waals surface area contributed by atoms with E-state index >= 15 is 0 Å². The molecule has 0 saturated heterocycles. The van der Waals surface area contributed by atoms with Gasteiger partial charge in [0.25, 0.3) is 5.91 Å². The van der Waals surface area contributed by atoms with E-state index in [0.717, 1.165) is 5.56 Å². The number of methoxy groups -OCH3 is 1. The molecule has 0 saturated carbocycles. The van der Waals surface area contributed by atoms with Crippen LogP contribution in [0.2, 0.25) is 5.02 Å². The van der Waals surface area contributed by atoms with Crippen molar-refractivity contribution in [1.82, 2.24) is 10.0 Å². The fourth-order valence-electron chi connectivity index (χ4n) is 2.01. The van der Waals surface area contributed by atoms with Crippen LogP contribution < -0.4 is 14.8 Å². The van der Waals surface area contributed by atoms with Crippen LogP contribution in [0.4, 0.5) is 0 Å². The zero-order chi connectivity index (χ0) is 18.3. The average Bonchev–Trinajstić information content (AvgIpc) is 2.61. The Balaban J connectivity index is 1.78. The number of halogens is 1. The van der Waals surface area contributed by atoms with Gasteiger partial charge in [0.2, 0.25) is 10.0 Å². The van der Waals surface area contributed by atoms with Crippen molar-refractivity contribution in [1.29, 1.82) is 0 Å². The summed E-state index contributed by atoms with van der Waals surface area (Å²) in [6.07, 6.45) is 0. The quantitative estimate of drug-likeness (QED) is 0.733. The largest absolute Gasteiger partial charge is 0.497 e. The Morgan fingerprint density at radius 2 is 1.72 bits per heavy atom. The molecule has 0 spiro atoms. The maximum Gasteiger partial charge on any atom is 0.251 e. The molecule has 8 heteroatoms. The second-order valence-corrected chi connectivity index (χ2v) is 7.61. The molecule has 0 atom stereocenters. The fraction of sp³-hybridized carbons (Fsp3) is 0.235. The highest BCUT2D eigenvalue weighted by Gasteiger charge is 2.12. The molecule has 0 unspecified atom stereocenters. The zero-order valence-corrected chi connectivity index (χ0v) is 15.2. The van der Waals surface area contributed by atoms with E-state index in [2.05, 4.69) is 10.0 Å². The molecule has 0 aromatic heterocycles. The molecule has 134 valence electrons. The molecule has 1 amide bonds. The number of amides is 1. The van der Waals surface area contributed by atoms with Crippen LogP contribution in [0.5, 0.6) is 5.75 Å². The summed E-state index contributed by atoms with van der Waals surface area (Å²) >= 11 is 5.78. The average molecular weight is 383 g/mol. The van der Waals surface area contributed by atoms with Crippen molar-refractivity contribution in [3.05, 3.63) is 64.7 Å². The molecule has 6 nitrogen and oxygen atoms in total. The second kappa shape index (κ2) is 8.84. The summed E-state index contributed by atoms with van der Waals surface area (Å²) in [6, 6.07) is 13.4. The van der Waals surface area contributed by atoms with E-state index in [0.29, 0.717) is 16.3 Å². The first kappa shape index (κ1) is 19.2. The van der Waals surface area contributed by atoms with Gasteiger partial charge in [-0.1, -0.05) is 23.7 Å². The topological polar surface area (TPSA) is 84.5 Å². The molecular weight excluding hydrogens is 364 g/mol. The van der Waals surface area contributed by atoms with Crippen molar-refractivity contribution < 1.29 is 17.9 Å². The summed E-state index contributed by atoms with van der Waals surface area (Å²) < 4.78 is 31.4. The monoisotopic (exact) mass is 382 g/mol. The van der Waals surface area contributed by atoms with E-state index in [1.54, 1.807) is 48.5 Å². The molecule has 2 N–H and O–H groups in total. The Labute approximate surface area is 152 Å². The number of nitrogens with one attached hydrogen (secondary N) is 2. The van der Waals surface area contributed by atoms with Gasteiger partial charge in [-0.25, -0.2) is 13.1 Å². The van der Waals surface area contributed by atoms with Gasteiger partial charge >= 0.3 is 0 Å². The van der Waals surface area contributed by atoms with Gasteiger partial charge in [0.1, 0.15) is 5.75 Å². The standard InChI is InChI=1S/C17H19ClN2O4S/c1-24-16-8-4-14(5-9-16)17(21)19-10-11-25(22,23)20-12-13-2-6-15(18)7-3-13/h2-9,20H,10-12H2,1H3,(H,19,21). The minimum absolute atomic E-state index is 0.0147. The molecule has 0 aliphatic carbocycles. The summed E-state index contributed by atoms with van der Waals surface area (Å²) in [4.78, 5) is 12.0. The van der Waals surface area contributed by atoms with Crippen LogP contribution in [0.3, 0.4) is 0 Å². The van der Waals surface area contributed by atoms with Gasteiger partial charge in [0.15, 0.2) is 0 Å². The van der Waals surface area contributed by atoms with Crippen LogP contribution in [0.1, 0.15) is 15.9 Å². The maximum absolute atomic E-state index is 12.0. The normalized spacial score (nSPS) is 11.1. The van der Waals surface area contributed by atoms with Gasteiger partial charge in [0.05, 0.1) is 12.9 Å². The minimum atomic E-state index is -3.50. The van der Waals surface area contributed by atoms with Crippen molar-refractivity contribution in [2.24, 2.45) is 0 Å². The lowest BCUT2D eigenvalue weighted by Crippen LogP contribution is -2.34. The molecule has 0 bridgehead atoms. The summed E-state index contributed by atoms with van der Waals surface area (Å²) in [5.74, 6) is 0.101. The highest BCUT2D eigenvalue weighted by atomic mass is 35.5. The Morgan fingerprint density at radius 1 is 1.08 bits per heavy atom. The van der Waals surface area contributed by atoms with Crippen molar-refractivity contribution in [3.63, 3.8) is 0 Å². The predicted octanol–water partition coefficient (Wildman–Crippen LogP) is 2.20. The molecule has 25 heavy (non-hydrogen) atoms. The zero-order valence-electron chi connectivity index (χ0n) is 13.7. The van der Waals surface area contributed by atoms with E-state index < -0.39 is 10.0 Å². The van der Waals surface area contributed by atoms with Crippen LogP contribution in [0, 0.1) is 0 Å². The number of benzene rings is 2. The third-order valence-corrected chi connectivity index (χ3v) is 5.00. The lowest BCUT2D eigenvalue weighted by Gasteiger charge is -2.09. The smallest absolute Gasteiger partial charge is 0.251 e. The SMILES string of the molecule is COc1ccc(C(=O)NCCS(=O)(=O)NCc2ccc(Cl)cc2)cc1. The Kier molecular flexibility index (Phi) is 6.81. The summed E-state index contributed by atoms with van der Waals surface area (Å²) in [5.41, 5.74) is 1.24. The van der Waals surface area contributed by atoms with Gasteiger partial charge < -0.3 is 10.1 Å². The highest BCUT2D eigenvalue weighted by molar-refractivity contribution is 7.89. The number of hydrogen-bond donors (Lipinski definition) is 2. The summed E-state index contributed by atoms with van der Waals surface area (Å²) in [6.45, 7) is 0.187. The van der Waals surface area contributed by atoms with Crippen LogP contribution in [0.25, 0.3) is 0 Å². The number of rotatable bonds is 8. The highest BCUT2D eigenvalue weighted by Crippen LogP contribution is 2.11. The number of carbonyl (C=O) groups is 1. The Morgan fingerprint density at radius 3 is 2.32 bits per heavy atom. The second-order valence-electron chi connectivity index (χ2n) is 5.25. The third kappa shape index (κ3) is 6.38. The van der Waals surface area contributed by atoms with Gasteiger partial charge in [-0.15, -0.1) is 0 Å². The van der Waals surface area contributed by atoms with E-state index in [9.17, 15) is 13.2 Å². The molecule has 2 aromatic rings. The molecular formula is C17H19ClN2O4S. The van der Waals surface area contributed by atoms with E-state index in [-0.39, 0.29) is 24.7 Å². The molecule has 0 aliphatic heterocycles. The summed E-state index contributed by atoms with van der Waals surface area (Å²) in [7, 11) is -1.96. The van der Waals surface area contributed by atoms with Crippen LogP contribution in [0.15, 0.2) is 48.5 Å². The Bertz CT molecular complexity index is 806. The number of sulfonamides is 1. The third-order valence-electron chi connectivity index (χ3n) is 3.42. The molecule has 2 rings (SSSR count). The lowest BCUT2D eigenvalue weighted by atomic mass is 10.2. The molecule has 0 radical (unpaired) electrons. The van der Waals surface area contributed by atoms with Crippen LogP contribution in [-0.2, 0) is 16.6 Å².